The van der Waals surface area contributed by atoms with Crippen LogP contribution in [-0.2, 0) is 13.0 Å². The molecule has 0 aliphatic carbocycles. The summed E-state index contributed by atoms with van der Waals surface area (Å²) in [5.41, 5.74) is 6.03. The summed E-state index contributed by atoms with van der Waals surface area (Å²) in [5.74, 6) is 0. The zero-order valence-electron chi connectivity index (χ0n) is 14.1. The van der Waals surface area contributed by atoms with Crippen molar-refractivity contribution >= 4 is 10.9 Å². The predicted octanol–water partition coefficient (Wildman–Crippen LogP) is 4.56. The number of pyridine rings is 1. The first-order chi connectivity index (χ1) is 12.4. The molecule has 4 aromatic rings. The lowest BCUT2D eigenvalue weighted by atomic mass is 10.1. The molecule has 25 heavy (non-hydrogen) atoms. The number of fused-ring (bicyclic) bond motifs is 1. The van der Waals surface area contributed by atoms with Gasteiger partial charge in [0.25, 0.3) is 0 Å². The van der Waals surface area contributed by atoms with Crippen LogP contribution in [0.15, 0.2) is 79.1 Å². The van der Waals surface area contributed by atoms with E-state index in [1.54, 1.807) is 0 Å². The Bertz CT molecular complexity index is 957. The molecule has 2 heterocycles. The van der Waals surface area contributed by atoms with Crippen LogP contribution in [0.25, 0.3) is 22.2 Å². The average molecular weight is 327 g/mol. The molecule has 0 fully saturated rings. The van der Waals surface area contributed by atoms with Crippen molar-refractivity contribution in [2.45, 2.75) is 13.0 Å². The summed E-state index contributed by atoms with van der Waals surface area (Å²) in [5, 5.41) is 4.87. The van der Waals surface area contributed by atoms with E-state index in [2.05, 4.69) is 70.0 Å². The van der Waals surface area contributed by atoms with Crippen molar-refractivity contribution in [2.75, 3.05) is 6.54 Å². The SMILES string of the molecule is c1ccc(-c2cccc(CNCCc3c[nH]c4ccccc34)c2)nc1. The van der Waals surface area contributed by atoms with Gasteiger partial charge < -0.3 is 10.3 Å². The van der Waals surface area contributed by atoms with Crippen LogP contribution in [0.1, 0.15) is 11.1 Å². The standard InChI is InChI=1S/C22H21N3/c1-2-10-22-20(8-1)19(16-25-22)11-13-23-15-17-6-5-7-18(14-17)21-9-3-4-12-24-21/h1-10,12,14,16,23,25H,11,13,15H2. The van der Waals surface area contributed by atoms with E-state index in [0.29, 0.717) is 0 Å². The summed E-state index contributed by atoms with van der Waals surface area (Å²) in [6, 6.07) is 23.0. The van der Waals surface area contributed by atoms with Gasteiger partial charge in [0.2, 0.25) is 0 Å². The van der Waals surface area contributed by atoms with Gasteiger partial charge in [-0.3, -0.25) is 4.98 Å². The van der Waals surface area contributed by atoms with Crippen LogP contribution in [0.3, 0.4) is 0 Å². The van der Waals surface area contributed by atoms with Gasteiger partial charge >= 0.3 is 0 Å². The normalized spacial score (nSPS) is 11.0. The van der Waals surface area contributed by atoms with Crippen LogP contribution < -0.4 is 5.32 Å². The van der Waals surface area contributed by atoms with Gasteiger partial charge in [0.05, 0.1) is 5.69 Å². The number of aromatic amines is 1. The summed E-state index contributed by atoms with van der Waals surface area (Å²) in [6.07, 6.45) is 4.97. The first-order valence-electron chi connectivity index (χ1n) is 8.66. The van der Waals surface area contributed by atoms with Crippen LogP contribution in [-0.4, -0.2) is 16.5 Å². The minimum absolute atomic E-state index is 0.864. The molecular formula is C22H21N3. The molecule has 0 aliphatic rings. The summed E-state index contributed by atoms with van der Waals surface area (Å²) in [7, 11) is 0. The molecule has 0 unspecified atom stereocenters. The molecule has 0 bridgehead atoms. The fourth-order valence-electron chi connectivity index (χ4n) is 3.17. The maximum atomic E-state index is 4.43. The van der Waals surface area contributed by atoms with Gasteiger partial charge in [-0.2, -0.15) is 0 Å². The lowest BCUT2D eigenvalue weighted by Gasteiger charge is -2.07. The number of aromatic nitrogens is 2. The molecule has 0 spiro atoms. The Morgan fingerprint density at radius 1 is 0.920 bits per heavy atom. The van der Waals surface area contributed by atoms with Crippen LogP contribution >= 0.6 is 0 Å². The second kappa shape index (κ2) is 7.32. The smallest absolute Gasteiger partial charge is 0.0702 e. The van der Waals surface area contributed by atoms with E-state index in [4.69, 9.17) is 0 Å². The zero-order valence-corrected chi connectivity index (χ0v) is 14.1. The van der Waals surface area contributed by atoms with Gasteiger partial charge in [-0.05, 0) is 48.4 Å². The monoisotopic (exact) mass is 327 g/mol. The number of nitrogens with one attached hydrogen (secondary N) is 2. The van der Waals surface area contributed by atoms with Gasteiger partial charge in [0.15, 0.2) is 0 Å². The quantitative estimate of drug-likeness (QED) is 0.510. The lowest BCUT2D eigenvalue weighted by Crippen LogP contribution is -2.16. The van der Waals surface area contributed by atoms with E-state index in [0.717, 1.165) is 30.8 Å². The average Bonchev–Trinajstić information content (AvgIpc) is 3.09. The number of hydrogen-bond donors (Lipinski definition) is 2. The summed E-state index contributed by atoms with van der Waals surface area (Å²) in [4.78, 5) is 7.76. The molecule has 2 N–H and O–H groups in total. The molecule has 0 saturated carbocycles. The number of benzene rings is 2. The Hall–Kier alpha value is -2.91. The third-order valence-electron chi connectivity index (χ3n) is 4.46. The second-order valence-electron chi connectivity index (χ2n) is 6.20. The molecule has 2 aromatic carbocycles. The molecule has 2 aromatic heterocycles. The molecule has 0 atom stereocenters. The van der Waals surface area contributed by atoms with Crippen LogP contribution in [0.4, 0.5) is 0 Å². The van der Waals surface area contributed by atoms with Crippen molar-refractivity contribution in [3.8, 4) is 11.3 Å². The van der Waals surface area contributed by atoms with Gasteiger partial charge in [-0.15, -0.1) is 0 Å². The molecule has 0 aliphatic heterocycles. The summed E-state index contributed by atoms with van der Waals surface area (Å²) < 4.78 is 0. The van der Waals surface area contributed by atoms with E-state index in [1.165, 1.54) is 22.0 Å². The fourth-order valence-corrected chi connectivity index (χ4v) is 3.17. The van der Waals surface area contributed by atoms with Gasteiger partial charge in [-0.1, -0.05) is 42.5 Å². The van der Waals surface area contributed by atoms with Crippen molar-refractivity contribution in [1.82, 2.24) is 15.3 Å². The first kappa shape index (κ1) is 15.6. The lowest BCUT2D eigenvalue weighted by molar-refractivity contribution is 0.688. The highest BCUT2D eigenvalue weighted by molar-refractivity contribution is 5.83. The molecule has 124 valence electrons. The van der Waals surface area contributed by atoms with Crippen molar-refractivity contribution in [2.24, 2.45) is 0 Å². The van der Waals surface area contributed by atoms with Gasteiger partial charge in [0, 0.05) is 35.4 Å². The largest absolute Gasteiger partial charge is 0.361 e. The maximum Gasteiger partial charge on any atom is 0.0702 e. The molecule has 0 saturated heterocycles. The molecule has 0 radical (unpaired) electrons. The number of H-pyrrole nitrogens is 1. The van der Waals surface area contributed by atoms with Crippen molar-refractivity contribution in [3.63, 3.8) is 0 Å². The third kappa shape index (κ3) is 3.62. The number of para-hydroxylation sites is 1. The predicted molar refractivity (Wildman–Crippen MR) is 103 cm³/mol. The Labute approximate surface area is 147 Å². The van der Waals surface area contributed by atoms with Crippen molar-refractivity contribution < 1.29 is 0 Å². The zero-order chi connectivity index (χ0) is 16.9. The summed E-state index contributed by atoms with van der Waals surface area (Å²) in [6.45, 7) is 1.82. The molecule has 3 heteroatoms. The number of nitrogens with zero attached hydrogens (tertiary/aromatic N) is 1. The number of hydrogen-bond acceptors (Lipinski definition) is 2. The minimum Gasteiger partial charge on any atom is -0.361 e. The van der Waals surface area contributed by atoms with E-state index in [-0.39, 0.29) is 0 Å². The van der Waals surface area contributed by atoms with Crippen molar-refractivity contribution in [1.29, 1.82) is 0 Å². The highest BCUT2D eigenvalue weighted by Crippen LogP contribution is 2.19. The van der Waals surface area contributed by atoms with Crippen LogP contribution in [0.5, 0.6) is 0 Å². The fraction of sp³-hybridized carbons (Fsp3) is 0.136. The van der Waals surface area contributed by atoms with E-state index in [9.17, 15) is 0 Å². The van der Waals surface area contributed by atoms with Gasteiger partial charge in [-0.25, -0.2) is 0 Å². The summed E-state index contributed by atoms with van der Waals surface area (Å²) >= 11 is 0. The Kier molecular flexibility index (Phi) is 4.57. The van der Waals surface area contributed by atoms with Crippen molar-refractivity contribution in [3.05, 3.63) is 90.3 Å². The minimum atomic E-state index is 0.864. The second-order valence-corrected chi connectivity index (χ2v) is 6.20. The van der Waals surface area contributed by atoms with Crippen LogP contribution in [0.2, 0.25) is 0 Å². The molecule has 4 rings (SSSR count). The Morgan fingerprint density at radius 2 is 1.84 bits per heavy atom. The third-order valence-corrected chi connectivity index (χ3v) is 4.46. The molecular weight excluding hydrogens is 306 g/mol. The maximum absolute atomic E-state index is 4.43. The van der Waals surface area contributed by atoms with E-state index < -0.39 is 0 Å². The Morgan fingerprint density at radius 3 is 2.76 bits per heavy atom. The van der Waals surface area contributed by atoms with Gasteiger partial charge in [0.1, 0.15) is 0 Å². The topological polar surface area (TPSA) is 40.7 Å². The number of rotatable bonds is 6. The highest BCUT2D eigenvalue weighted by Gasteiger charge is 2.03. The Balaban J connectivity index is 1.36. The van der Waals surface area contributed by atoms with E-state index in [1.807, 2.05) is 24.4 Å². The first-order valence-corrected chi connectivity index (χ1v) is 8.66. The highest BCUT2D eigenvalue weighted by atomic mass is 14.8. The van der Waals surface area contributed by atoms with E-state index >= 15 is 0 Å². The molecule has 0 amide bonds. The van der Waals surface area contributed by atoms with Crippen LogP contribution in [0, 0.1) is 0 Å². The molecule has 3 nitrogen and oxygen atoms in total.